The molecule has 264 valence electrons. The van der Waals surface area contributed by atoms with E-state index in [2.05, 4.69) is 9.98 Å². The average Bonchev–Trinajstić information content (AvgIpc) is 3.75. The molecule has 10 bridgehead atoms. The van der Waals surface area contributed by atoms with E-state index in [0.29, 0.717) is 60.7 Å². The maximum atomic E-state index is 14.4. The number of aliphatic imine (C=N–C) groups is 2. The second kappa shape index (κ2) is 11.2. The predicted molar refractivity (Wildman–Crippen MR) is 147 cm³/mol. The number of fused-ring (bicyclic) bond motifs is 8. The summed E-state index contributed by atoms with van der Waals surface area (Å²) in [5.41, 5.74) is -16.4. The molecule has 0 radical (unpaired) electrons. The molecule has 5 nitrogen and oxygen atoms in total. The van der Waals surface area contributed by atoms with Gasteiger partial charge in [-0.15, -0.1) is 0 Å². The molecule has 20 heteroatoms. The highest BCUT2D eigenvalue weighted by molar-refractivity contribution is 6.28. The van der Waals surface area contributed by atoms with Crippen LogP contribution >= 0.6 is 0 Å². The number of H-pyrrole nitrogens is 3. The molecule has 0 saturated heterocycles. The molecule has 6 heterocycles. The second-order valence-electron chi connectivity index (χ2n) is 10.8. The van der Waals surface area contributed by atoms with Crippen molar-refractivity contribution in [1.82, 2.24) is 15.0 Å². The molecule has 1 unspecified atom stereocenters. The van der Waals surface area contributed by atoms with Gasteiger partial charge in [-0.2, -0.15) is 65.9 Å². The Bertz CT molecular complexity index is 2200. The molecule has 3 N–H and O–H groups in total. The van der Waals surface area contributed by atoms with E-state index in [9.17, 15) is 65.9 Å². The first-order valence-corrected chi connectivity index (χ1v) is 13.6. The first-order valence-electron chi connectivity index (χ1n) is 13.6. The van der Waals surface area contributed by atoms with E-state index in [1.54, 1.807) is 0 Å². The number of nitrogens with zero attached hydrogens (tertiary/aromatic N) is 2. The molecule has 0 spiro atoms. The van der Waals surface area contributed by atoms with Crippen LogP contribution < -0.4 is 10.7 Å². The molecule has 0 amide bonds. The lowest BCUT2D eigenvalue weighted by molar-refractivity contribution is -0.142. The van der Waals surface area contributed by atoms with E-state index in [1.165, 1.54) is 0 Å². The smallest absolute Gasteiger partial charge is 0.357 e. The summed E-state index contributed by atoms with van der Waals surface area (Å²) < 4.78 is 215. The number of aromatic amines is 3. The van der Waals surface area contributed by atoms with Crippen molar-refractivity contribution in [3.63, 3.8) is 0 Å². The zero-order valence-electron chi connectivity index (χ0n) is 23.9. The highest BCUT2D eigenvalue weighted by Gasteiger charge is 2.47. The molecule has 3 aromatic rings. The molecule has 1 atom stereocenters. The largest absolute Gasteiger partial charge is 0.420 e. The number of alkyl halides is 15. The number of allylic oxidation sites excluding steroid dienone is 6. The first kappa shape index (κ1) is 34.7. The van der Waals surface area contributed by atoms with Crippen LogP contribution in [0.1, 0.15) is 28.7 Å². The fraction of sp³-hybridized carbons (Fsp3) is 0.200. The van der Waals surface area contributed by atoms with E-state index < -0.39 is 115 Å². The molecule has 3 aromatic heterocycles. The maximum absolute atomic E-state index is 14.4. The molecule has 3 aliphatic heterocycles. The molecule has 50 heavy (non-hydrogen) atoms. The summed E-state index contributed by atoms with van der Waals surface area (Å²) in [6.07, 6.45) is -25.4. The Kier molecular flexibility index (Phi) is 7.75. The maximum Gasteiger partial charge on any atom is 0.420 e. The van der Waals surface area contributed by atoms with E-state index in [-0.39, 0.29) is 0 Å². The van der Waals surface area contributed by atoms with Crippen molar-refractivity contribution in [2.45, 2.75) is 36.8 Å². The Balaban J connectivity index is 1.76. The third-order valence-corrected chi connectivity index (χ3v) is 7.57. The minimum absolute atomic E-state index is 0.460. The van der Waals surface area contributed by atoms with E-state index in [4.69, 9.17) is 0 Å². The number of nitrogens with one attached hydrogen (secondary N) is 3. The molecule has 0 saturated carbocycles. The summed E-state index contributed by atoms with van der Waals surface area (Å²) in [5, 5.41) is -2.20. The average molecular weight is 729 g/mol. The minimum atomic E-state index is -5.49. The number of hydrogen-bond donors (Lipinski definition) is 3. The van der Waals surface area contributed by atoms with Crippen LogP contribution in [-0.2, 0) is 0 Å². The van der Waals surface area contributed by atoms with Crippen molar-refractivity contribution in [3.05, 3.63) is 111 Å². The fourth-order valence-electron chi connectivity index (χ4n) is 5.68. The predicted octanol–water partition coefficient (Wildman–Crippen LogP) is 7.96. The van der Waals surface area contributed by atoms with E-state index in [1.807, 2.05) is 15.0 Å². The molecular weight excluding hydrogens is 715 g/mol. The zero-order chi connectivity index (χ0) is 36.8. The lowest BCUT2D eigenvalue weighted by Gasteiger charge is -2.19. The number of halogens is 15. The third-order valence-electron chi connectivity index (χ3n) is 7.57. The minimum Gasteiger partial charge on any atom is -0.357 e. The van der Waals surface area contributed by atoms with Crippen molar-refractivity contribution >= 4 is 28.1 Å². The molecule has 3 aliphatic rings. The van der Waals surface area contributed by atoms with Gasteiger partial charge in [0.15, 0.2) is 0 Å². The highest BCUT2D eigenvalue weighted by Crippen LogP contribution is 2.44. The zero-order valence-corrected chi connectivity index (χ0v) is 23.9. The van der Waals surface area contributed by atoms with E-state index in [0.717, 1.165) is 0 Å². The van der Waals surface area contributed by atoms with Gasteiger partial charge in [-0.05, 0) is 60.7 Å². The van der Waals surface area contributed by atoms with Crippen LogP contribution in [0.3, 0.4) is 0 Å². The van der Waals surface area contributed by atoms with Crippen LogP contribution in [0.5, 0.6) is 0 Å². The topological polar surface area (TPSA) is 72.1 Å². The lowest BCUT2D eigenvalue weighted by atomic mass is 10.0. The molecule has 6 rings (SSSR count). The summed E-state index contributed by atoms with van der Waals surface area (Å²) in [4.78, 5) is 12.6. The normalized spacial score (nSPS) is 24.2. The van der Waals surface area contributed by atoms with Crippen molar-refractivity contribution < 1.29 is 65.9 Å². The van der Waals surface area contributed by atoms with E-state index >= 15 is 0 Å². The number of hydrogen-bond acceptors (Lipinski definition) is 2. The fourth-order valence-corrected chi connectivity index (χ4v) is 5.68. The van der Waals surface area contributed by atoms with Gasteiger partial charge in [0.2, 0.25) is 0 Å². The van der Waals surface area contributed by atoms with Crippen LogP contribution in [0.15, 0.2) is 87.7 Å². The van der Waals surface area contributed by atoms with Crippen LogP contribution in [0.25, 0.3) is 16.7 Å². The lowest BCUT2D eigenvalue weighted by Crippen LogP contribution is -2.29. The van der Waals surface area contributed by atoms with Gasteiger partial charge in [-0.1, -0.05) is 0 Å². The van der Waals surface area contributed by atoms with Crippen molar-refractivity contribution in [2.75, 3.05) is 0 Å². The second-order valence-corrected chi connectivity index (χ2v) is 10.8. The molecule has 0 aromatic carbocycles. The Hall–Kier alpha value is -5.17. The summed E-state index contributed by atoms with van der Waals surface area (Å²) in [5.74, 6) is -2.91. The van der Waals surface area contributed by atoms with Crippen LogP contribution in [0.2, 0.25) is 0 Å². The molecular formula is C30H14F15N5. The van der Waals surface area contributed by atoms with Gasteiger partial charge in [0, 0.05) is 11.4 Å². The van der Waals surface area contributed by atoms with Gasteiger partial charge >= 0.3 is 30.9 Å². The standard InChI is InChI=1S/C30H14F15N5/c31-26(32,33)21-11-1-2-12(46-11)22(27(34,35)36)14-5-6-16(48-14)24(29(40,41)42)18-9-10-20(50-18)25(30(43,44)45)19-8-7-17(49-19)23(28(37,38)39)15-4-3-13(21)47-15/h1-10,21,46-48H/b22-14+,23-17+,24-16+,25-20+. The van der Waals surface area contributed by atoms with Gasteiger partial charge in [-0.3, -0.25) is 0 Å². The van der Waals surface area contributed by atoms with Gasteiger partial charge in [-0.25, -0.2) is 9.98 Å². The van der Waals surface area contributed by atoms with Crippen LogP contribution in [0.4, 0.5) is 65.9 Å². The highest BCUT2D eigenvalue weighted by atomic mass is 19.4. The summed E-state index contributed by atoms with van der Waals surface area (Å²) in [6, 6.07) is 3.21. The third kappa shape index (κ3) is 6.21. The first-order chi connectivity index (χ1) is 22.9. The van der Waals surface area contributed by atoms with Gasteiger partial charge in [0.1, 0.15) is 28.2 Å². The van der Waals surface area contributed by atoms with Gasteiger partial charge in [0.05, 0.1) is 44.9 Å². The van der Waals surface area contributed by atoms with Gasteiger partial charge < -0.3 is 15.0 Å². The quantitative estimate of drug-likeness (QED) is 0.197. The molecule has 0 aliphatic carbocycles. The molecule has 0 fully saturated rings. The number of aromatic nitrogens is 3. The summed E-state index contributed by atoms with van der Waals surface area (Å²) in [6.45, 7) is 0. The van der Waals surface area contributed by atoms with Crippen molar-refractivity contribution in [3.8, 4) is 0 Å². The van der Waals surface area contributed by atoms with Crippen molar-refractivity contribution in [2.24, 2.45) is 9.98 Å². The monoisotopic (exact) mass is 729 g/mol. The Morgan fingerprint density at radius 3 is 1.26 bits per heavy atom. The number of rotatable bonds is 0. The van der Waals surface area contributed by atoms with Crippen LogP contribution in [-0.4, -0.2) is 57.3 Å². The van der Waals surface area contributed by atoms with Crippen molar-refractivity contribution in [1.29, 1.82) is 0 Å². The Morgan fingerprint density at radius 1 is 0.420 bits per heavy atom. The Morgan fingerprint density at radius 2 is 0.820 bits per heavy atom. The summed E-state index contributed by atoms with van der Waals surface area (Å²) >= 11 is 0. The SMILES string of the molecule is FC(F)(F)/C1=C2\C=CC(=N2)/C(C(F)(F)F)=c2/cc/c([nH]2)=C(\C(F)(F)F)c2ccc([nH]2)C(C(F)(F)F)c2ccc([nH]2)/C(C(F)(F)F)=C2/C=CC1=N2. The Labute approximate surface area is 267 Å². The summed E-state index contributed by atoms with van der Waals surface area (Å²) in [7, 11) is 0. The van der Waals surface area contributed by atoms with Crippen LogP contribution in [0, 0.1) is 0 Å². The van der Waals surface area contributed by atoms with Gasteiger partial charge in [0.25, 0.3) is 0 Å².